The summed E-state index contributed by atoms with van der Waals surface area (Å²) >= 11 is 0. The fraction of sp³-hybridized carbons (Fsp3) is 1.00. The first-order chi connectivity index (χ1) is 12.0. The number of ether oxygens (including phenoxy) is 2. The number of hydrogen-bond acceptors (Lipinski definition) is 2. The van der Waals surface area contributed by atoms with Gasteiger partial charge in [0.25, 0.3) is 0 Å². The Morgan fingerprint density at radius 3 is 1.64 bits per heavy atom. The van der Waals surface area contributed by atoms with Crippen molar-refractivity contribution in [3.63, 3.8) is 0 Å². The van der Waals surface area contributed by atoms with Crippen LogP contribution in [-0.2, 0) is 9.47 Å². The summed E-state index contributed by atoms with van der Waals surface area (Å²) in [5.74, 6) is 3.19. The summed E-state index contributed by atoms with van der Waals surface area (Å²) in [6.45, 7) is 11.0. The molecule has 2 heteroatoms. The monoisotopic (exact) mass is 354 g/mol. The van der Waals surface area contributed by atoms with Crippen molar-refractivity contribution in [1.82, 2.24) is 0 Å². The number of hydrogen-bond donors (Lipinski definition) is 0. The van der Waals surface area contributed by atoms with Gasteiger partial charge in [0.15, 0.2) is 0 Å². The van der Waals surface area contributed by atoms with Gasteiger partial charge in [-0.05, 0) is 36.5 Å². The minimum Gasteiger partial charge on any atom is -0.384 e. The molecule has 2 nitrogen and oxygen atoms in total. The normalized spacial score (nSPS) is 21.2. The lowest BCUT2D eigenvalue weighted by molar-refractivity contribution is -0.0761. The highest BCUT2D eigenvalue weighted by Gasteiger charge is 2.45. The molecule has 0 spiro atoms. The molecule has 0 amide bonds. The molecule has 2 aliphatic rings. The topological polar surface area (TPSA) is 18.5 Å². The predicted octanol–water partition coefficient (Wildman–Crippen LogP) is 6.72. The van der Waals surface area contributed by atoms with Crippen molar-refractivity contribution in [2.45, 2.75) is 91.9 Å². The van der Waals surface area contributed by atoms with Crippen LogP contribution in [0.2, 0.25) is 0 Å². The van der Waals surface area contributed by atoms with Crippen LogP contribution in [0.25, 0.3) is 0 Å². The molecule has 1 atom stereocenters. The molecule has 1 unspecified atom stereocenters. The van der Waals surface area contributed by atoms with Crippen LogP contribution in [0.1, 0.15) is 91.9 Å². The molecule has 2 aliphatic carbocycles. The molecule has 0 aromatic heterocycles. The van der Waals surface area contributed by atoms with E-state index in [0.717, 1.165) is 25.0 Å². The lowest BCUT2D eigenvalue weighted by Crippen LogP contribution is -2.45. The predicted molar refractivity (Wildman–Crippen MR) is 109 cm³/mol. The van der Waals surface area contributed by atoms with E-state index in [0.29, 0.717) is 11.8 Å². The first-order valence-electron chi connectivity index (χ1n) is 11.0. The summed E-state index contributed by atoms with van der Waals surface area (Å²) in [5.41, 5.74) is 0.216. The third-order valence-corrected chi connectivity index (χ3v) is 7.20. The van der Waals surface area contributed by atoms with Gasteiger partial charge in [0, 0.05) is 19.6 Å². The van der Waals surface area contributed by atoms with Crippen LogP contribution in [0.3, 0.4) is 0 Å². The third kappa shape index (κ3) is 6.86. The van der Waals surface area contributed by atoms with Gasteiger partial charge in [0.1, 0.15) is 0 Å². The maximum Gasteiger partial charge on any atom is 0.0546 e. The van der Waals surface area contributed by atoms with E-state index in [1.54, 1.807) is 0 Å². The molecule has 150 valence electrons. The van der Waals surface area contributed by atoms with Gasteiger partial charge < -0.3 is 9.47 Å². The summed E-state index contributed by atoms with van der Waals surface area (Å²) in [6.07, 6.45) is 14.4. The van der Waals surface area contributed by atoms with Gasteiger partial charge in [0.2, 0.25) is 0 Å². The Kier molecular flexibility index (Phi) is 11.3. The second kappa shape index (κ2) is 12.3. The van der Waals surface area contributed by atoms with Crippen LogP contribution < -0.4 is 0 Å². The van der Waals surface area contributed by atoms with Gasteiger partial charge >= 0.3 is 0 Å². The minimum atomic E-state index is 0.216. The van der Waals surface area contributed by atoms with Gasteiger partial charge in [-0.2, -0.15) is 0 Å². The van der Waals surface area contributed by atoms with Gasteiger partial charge in [-0.3, -0.25) is 0 Å². The van der Waals surface area contributed by atoms with E-state index in [1.165, 1.54) is 64.2 Å². The molecule has 0 aromatic rings. The fourth-order valence-corrected chi connectivity index (χ4v) is 5.21. The second-order valence-electron chi connectivity index (χ2n) is 9.03. The molecule has 25 heavy (non-hydrogen) atoms. The zero-order valence-electron chi connectivity index (χ0n) is 18.1. The number of rotatable bonds is 8. The van der Waals surface area contributed by atoms with Crippen LogP contribution in [0.15, 0.2) is 0 Å². The minimum absolute atomic E-state index is 0.216. The van der Waals surface area contributed by atoms with E-state index in [9.17, 15) is 0 Å². The molecule has 0 bridgehead atoms. The fourth-order valence-electron chi connectivity index (χ4n) is 5.21. The summed E-state index contributed by atoms with van der Waals surface area (Å²) in [4.78, 5) is 0. The van der Waals surface area contributed by atoms with E-state index in [2.05, 4.69) is 27.7 Å². The van der Waals surface area contributed by atoms with Gasteiger partial charge in [0.05, 0.1) is 13.2 Å². The lowest BCUT2D eigenvalue weighted by atomic mass is 9.64. The molecule has 0 aromatic carbocycles. The van der Waals surface area contributed by atoms with Crippen molar-refractivity contribution < 1.29 is 9.47 Å². The van der Waals surface area contributed by atoms with Gasteiger partial charge in [-0.15, -0.1) is 0 Å². The Hall–Kier alpha value is -0.0800. The Morgan fingerprint density at radius 1 is 0.800 bits per heavy atom. The molecular formula is C23H46O2. The first kappa shape index (κ1) is 23.0. The van der Waals surface area contributed by atoms with Crippen molar-refractivity contribution >= 4 is 0 Å². The zero-order chi connectivity index (χ0) is 18.7. The van der Waals surface area contributed by atoms with Crippen LogP contribution in [0.4, 0.5) is 0 Å². The largest absolute Gasteiger partial charge is 0.384 e. The second-order valence-corrected chi connectivity index (χ2v) is 9.03. The SMILES string of the molecule is CCC1CCCCC1.COCC(COC)(C1CCCC1)C(C)C(C)C. The molecule has 2 saturated carbocycles. The molecule has 2 rings (SSSR count). The van der Waals surface area contributed by atoms with E-state index in [4.69, 9.17) is 9.47 Å². The standard InChI is InChI=1S/C15H30O2.C8H16/c1-12(2)13(3)15(10-16-4,11-17-5)14-8-6-7-9-14;1-2-8-6-4-3-5-7-8/h12-14H,6-11H2,1-5H3;8H,2-7H2,1H3. The van der Waals surface area contributed by atoms with E-state index in [-0.39, 0.29) is 5.41 Å². The molecule has 0 radical (unpaired) electrons. The molecule has 0 heterocycles. The van der Waals surface area contributed by atoms with Crippen molar-refractivity contribution in [3.05, 3.63) is 0 Å². The maximum absolute atomic E-state index is 5.56. The Labute approximate surface area is 158 Å². The summed E-state index contributed by atoms with van der Waals surface area (Å²) in [6, 6.07) is 0. The molecule has 0 aliphatic heterocycles. The quantitative estimate of drug-likeness (QED) is 0.481. The van der Waals surface area contributed by atoms with Crippen LogP contribution in [0, 0.1) is 29.1 Å². The van der Waals surface area contributed by atoms with Crippen molar-refractivity contribution in [2.24, 2.45) is 29.1 Å². The highest BCUT2D eigenvalue weighted by molar-refractivity contribution is 4.93. The molecule has 0 N–H and O–H groups in total. The van der Waals surface area contributed by atoms with E-state index in [1.807, 2.05) is 14.2 Å². The van der Waals surface area contributed by atoms with E-state index >= 15 is 0 Å². The Balaban J connectivity index is 0.000000324. The average Bonchev–Trinajstić information content (AvgIpc) is 3.17. The highest BCUT2D eigenvalue weighted by atomic mass is 16.5. The first-order valence-corrected chi connectivity index (χ1v) is 11.0. The van der Waals surface area contributed by atoms with Crippen molar-refractivity contribution in [3.8, 4) is 0 Å². The highest BCUT2D eigenvalue weighted by Crippen LogP contribution is 2.47. The zero-order valence-corrected chi connectivity index (χ0v) is 18.1. The third-order valence-electron chi connectivity index (χ3n) is 7.20. The maximum atomic E-state index is 5.56. The van der Waals surface area contributed by atoms with Crippen LogP contribution >= 0.6 is 0 Å². The Morgan fingerprint density at radius 2 is 1.28 bits per heavy atom. The van der Waals surface area contributed by atoms with Crippen LogP contribution in [-0.4, -0.2) is 27.4 Å². The smallest absolute Gasteiger partial charge is 0.0546 e. The Bertz CT molecular complexity index is 304. The van der Waals surface area contributed by atoms with Gasteiger partial charge in [-0.25, -0.2) is 0 Å². The molecule has 2 fully saturated rings. The molecule has 0 saturated heterocycles. The summed E-state index contributed by atoms with van der Waals surface area (Å²) in [7, 11) is 3.65. The summed E-state index contributed by atoms with van der Waals surface area (Å²) < 4.78 is 11.1. The van der Waals surface area contributed by atoms with Crippen molar-refractivity contribution in [2.75, 3.05) is 27.4 Å². The summed E-state index contributed by atoms with van der Waals surface area (Å²) in [5, 5.41) is 0. The molecular weight excluding hydrogens is 308 g/mol. The average molecular weight is 355 g/mol. The van der Waals surface area contributed by atoms with Gasteiger partial charge in [-0.1, -0.05) is 79.1 Å². The van der Waals surface area contributed by atoms with Crippen molar-refractivity contribution in [1.29, 1.82) is 0 Å². The number of methoxy groups -OCH3 is 2. The lowest BCUT2D eigenvalue weighted by Gasteiger charge is -2.45. The van der Waals surface area contributed by atoms with E-state index < -0.39 is 0 Å². The van der Waals surface area contributed by atoms with Crippen LogP contribution in [0.5, 0.6) is 0 Å².